The Labute approximate surface area is 209 Å². The lowest BCUT2D eigenvalue weighted by Gasteiger charge is -2.34. The Morgan fingerprint density at radius 2 is 1.53 bits per heavy atom. The number of ether oxygens (including phenoxy) is 3. The second-order valence-corrected chi connectivity index (χ2v) is 9.46. The number of esters is 1. The van der Waals surface area contributed by atoms with Gasteiger partial charge in [0.25, 0.3) is 0 Å². The molecule has 0 aliphatic heterocycles. The highest BCUT2D eigenvalue weighted by Crippen LogP contribution is 2.41. The molecule has 1 aliphatic carbocycles. The van der Waals surface area contributed by atoms with Crippen LogP contribution in [0.2, 0.25) is 0 Å². The third-order valence-corrected chi connectivity index (χ3v) is 6.91. The van der Waals surface area contributed by atoms with Gasteiger partial charge in [0.05, 0.1) is 20.8 Å². The van der Waals surface area contributed by atoms with Crippen molar-refractivity contribution in [1.29, 1.82) is 0 Å². The van der Waals surface area contributed by atoms with Crippen molar-refractivity contribution >= 4 is 34.1 Å². The average molecular weight is 489 g/mol. The summed E-state index contributed by atoms with van der Waals surface area (Å²) in [5, 5.41) is 12.4. The molecule has 1 aliphatic rings. The van der Waals surface area contributed by atoms with Crippen molar-refractivity contribution in [3.8, 4) is 11.5 Å². The zero-order valence-corrected chi connectivity index (χ0v) is 20.9. The Balaban J connectivity index is 1.63. The van der Waals surface area contributed by atoms with Crippen LogP contribution in [0.25, 0.3) is 16.5 Å². The van der Waals surface area contributed by atoms with Crippen LogP contribution in [0.3, 0.4) is 0 Å². The zero-order valence-electron chi connectivity index (χ0n) is 20.9. The van der Waals surface area contributed by atoms with Gasteiger partial charge in [-0.05, 0) is 12.0 Å². The number of rotatable bonds is 7. The molecule has 0 amide bonds. The number of benzene rings is 3. The van der Waals surface area contributed by atoms with Gasteiger partial charge < -0.3 is 19.3 Å². The minimum atomic E-state index is -0.796. The van der Waals surface area contributed by atoms with Gasteiger partial charge in [-0.25, -0.2) is 4.79 Å². The number of allylic oxidation sites excluding steroid dienone is 1. The van der Waals surface area contributed by atoms with Gasteiger partial charge in [0.1, 0.15) is 22.8 Å². The molecule has 0 spiro atoms. The Hall–Kier alpha value is -4.13. The summed E-state index contributed by atoms with van der Waals surface area (Å²) in [6.45, 7) is 5.27. The maximum absolute atomic E-state index is 13.2. The standard InChI is InChI=1S/C29H28O7/c1-16(23-24(30)18-11-7-8-12-19(18)25(31)26(23)32)29(2,3)15-36-28(33)21-14-22(34-4)17-10-6-9-13-20(17)27(21)35-5/h6-14,16,30H,15H2,1-5H3. The molecule has 36 heavy (non-hydrogen) atoms. The molecule has 4 rings (SSSR count). The topological polar surface area (TPSA) is 99.1 Å². The summed E-state index contributed by atoms with van der Waals surface area (Å²) in [5.74, 6) is -1.97. The third kappa shape index (κ3) is 4.11. The smallest absolute Gasteiger partial charge is 0.342 e. The fraction of sp³-hybridized carbons (Fsp3) is 0.276. The zero-order chi connectivity index (χ0) is 26.2. The fourth-order valence-corrected chi connectivity index (χ4v) is 4.49. The lowest BCUT2D eigenvalue weighted by molar-refractivity contribution is -0.112. The largest absolute Gasteiger partial charge is 0.507 e. The van der Waals surface area contributed by atoms with E-state index in [2.05, 4.69) is 0 Å². The SMILES string of the molecule is COc1cc(C(=O)OCC(C)(C)C(C)C2=C(O)c3ccccc3C(=O)C2=O)c(OC)c2ccccc12. The number of fused-ring (bicyclic) bond motifs is 2. The predicted molar refractivity (Wildman–Crippen MR) is 136 cm³/mol. The molecular formula is C29H28O7. The number of aliphatic hydroxyl groups excluding tert-OH is 1. The molecule has 0 bridgehead atoms. The van der Waals surface area contributed by atoms with Crippen LogP contribution < -0.4 is 9.47 Å². The average Bonchev–Trinajstić information content (AvgIpc) is 2.89. The van der Waals surface area contributed by atoms with Crippen LogP contribution in [0.15, 0.2) is 60.2 Å². The maximum Gasteiger partial charge on any atom is 0.342 e. The molecule has 0 fully saturated rings. The lowest BCUT2D eigenvalue weighted by Crippen LogP contribution is -2.36. The first-order valence-corrected chi connectivity index (χ1v) is 11.5. The molecule has 186 valence electrons. The number of methoxy groups -OCH3 is 2. The molecule has 0 saturated heterocycles. The number of hydrogen-bond acceptors (Lipinski definition) is 7. The van der Waals surface area contributed by atoms with E-state index < -0.39 is 28.9 Å². The van der Waals surface area contributed by atoms with Crippen molar-refractivity contribution < 1.29 is 33.7 Å². The monoisotopic (exact) mass is 488 g/mol. The van der Waals surface area contributed by atoms with E-state index >= 15 is 0 Å². The second-order valence-electron chi connectivity index (χ2n) is 9.46. The number of carbonyl (C=O) groups is 3. The Morgan fingerprint density at radius 1 is 0.917 bits per heavy atom. The molecule has 7 heteroatoms. The van der Waals surface area contributed by atoms with Crippen LogP contribution in [0, 0.1) is 11.3 Å². The second kappa shape index (κ2) is 9.49. The maximum atomic E-state index is 13.2. The Morgan fingerprint density at radius 3 is 2.17 bits per heavy atom. The van der Waals surface area contributed by atoms with Crippen molar-refractivity contribution in [2.45, 2.75) is 20.8 Å². The molecule has 1 atom stereocenters. The fourth-order valence-electron chi connectivity index (χ4n) is 4.49. The molecule has 3 aromatic carbocycles. The predicted octanol–water partition coefficient (Wildman–Crippen LogP) is 5.41. The number of hydrogen-bond donors (Lipinski definition) is 1. The normalized spacial score (nSPS) is 14.5. The van der Waals surface area contributed by atoms with E-state index in [1.807, 2.05) is 38.1 Å². The van der Waals surface area contributed by atoms with Gasteiger partial charge in [0, 0.05) is 32.9 Å². The van der Waals surface area contributed by atoms with Gasteiger partial charge in [0.2, 0.25) is 11.6 Å². The van der Waals surface area contributed by atoms with Gasteiger partial charge in [-0.1, -0.05) is 69.3 Å². The molecule has 0 saturated carbocycles. The number of aliphatic hydroxyl groups is 1. The number of carbonyl (C=O) groups excluding carboxylic acids is 3. The first kappa shape index (κ1) is 25.0. The van der Waals surface area contributed by atoms with Crippen LogP contribution in [-0.4, -0.2) is 43.5 Å². The van der Waals surface area contributed by atoms with Crippen LogP contribution >= 0.6 is 0 Å². The van der Waals surface area contributed by atoms with E-state index in [9.17, 15) is 19.5 Å². The third-order valence-electron chi connectivity index (χ3n) is 6.91. The molecule has 3 aromatic rings. The van der Waals surface area contributed by atoms with E-state index in [0.717, 1.165) is 5.39 Å². The van der Waals surface area contributed by atoms with Crippen LogP contribution in [0.5, 0.6) is 11.5 Å². The summed E-state index contributed by atoms with van der Waals surface area (Å²) in [7, 11) is 3.00. The van der Waals surface area contributed by atoms with E-state index in [4.69, 9.17) is 14.2 Å². The highest BCUT2D eigenvalue weighted by Gasteiger charge is 2.41. The molecule has 1 N–H and O–H groups in total. The van der Waals surface area contributed by atoms with Crippen molar-refractivity contribution in [3.05, 3.63) is 76.9 Å². The van der Waals surface area contributed by atoms with E-state index in [1.54, 1.807) is 31.2 Å². The summed E-state index contributed by atoms with van der Waals surface area (Å²) in [6.07, 6.45) is 0. The van der Waals surface area contributed by atoms with Crippen molar-refractivity contribution in [2.75, 3.05) is 20.8 Å². The van der Waals surface area contributed by atoms with Gasteiger partial charge >= 0.3 is 5.97 Å². The van der Waals surface area contributed by atoms with Gasteiger partial charge in [0.15, 0.2) is 0 Å². The lowest BCUT2D eigenvalue weighted by atomic mass is 9.71. The quantitative estimate of drug-likeness (QED) is 0.351. The molecule has 0 radical (unpaired) electrons. The summed E-state index contributed by atoms with van der Waals surface area (Å²) in [5.41, 5.74) is -0.0709. The Kier molecular flexibility index (Phi) is 6.59. The molecule has 7 nitrogen and oxygen atoms in total. The van der Waals surface area contributed by atoms with Crippen LogP contribution in [0.4, 0.5) is 0 Å². The number of Topliss-reactive ketones (excluding diaryl/α,β-unsaturated/α-hetero) is 2. The van der Waals surface area contributed by atoms with Gasteiger partial charge in [-0.2, -0.15) is 0 Å². The minimum Gasteiger partial charge on any atom is -0.507 e. The van der Waals surface area contributed by atoms with E-state index in [-0.39, 0.29) is 29.1 Å². The molecule has 0 heterocycles. The van der Waals surface area contributed by atoms with Crippen molar-refractivity contribution in [3.63, 3.8) is 0 Å². The number of ketones is 2. The highest BCUT2D eigenvalue weighted by atomic mass is 16.5. The summed E-state index contributed by atoms with van der Waals surface area (Å²) >= 11 is 0. The molecule has 1 unspecified atom stereocenters. The van der Waals surface area contributed by atoms with E-state index in [0.29, 0.717) is 22.4 Å². The van der Waals surface area contributed by atoms with Crippen molar-refractivity contribution in [2.24, 2.45) is 11.3 Å². The minimum absolute atomic E-state index is 0.0182. The van der Waals surface area contributed by atoms with Gasteiger partial charge in [-0.15, -0.1) is 0 Å². The molecule has 0 aromatic heterocycles. The van der Waals surface area contributed by atoms with Crippen LogP contribution in [0.1, 0.15) is 47.1 Å². The summed E-state index contributed by atoms with van der Waals surface area (Å²) in [4.78, 5) is 38.8. The first-order valence-electron chi connectivity index (χ1n) is 11.5. The molecular weight excluding hydrogens is 460 g/mol. The highest BCUT2D eigenvalue weighted by molar-refractivity contribution is 6.52. The Bertz CT molecular complexity index is 1410. The van der Waals surface area contributed by atoms with E-state index in [1.165, 1.54) is 20.3 Å². The van der Waals surface area contributed by atoms with Gasteiger partial charge in [-0.3, -0.25) is 9.59 Å². The first-order chi connectivity index (χ1) is 17.1. The summed E-state index contributed by atoms with van der Waals surface area (Å²) in [6, 6.07) is 15.4. The van der Waals surface area contributed by atoms with Crippen LogP contribution in [-0.2, 0) is 9.53 Å². The summed E-state index contributed by atoms with van der Waals surface area (Å²) < 4.78 is 16.7. The van der Waals surface area contributed by atoms with Crippen molar-refractivity contribution in [1.82, 2.24) is 0 Å².